The number of para-hydroxylation sites is 1. The lowest BCUT2D eigenvalue weighted by atomic mass is 10.0. The lowest BCUT2D eigenvalue weighted by Crippen LogP contribution is -2.12. The Balaban J connectivity index is 1.93. The maximum absolute atomic E-state index is 12.5. The Kier molecular flexibility index (Phi) is 4.77. The van der Waals surface area contributed by atoms with Crippen LogP contribution in [-0.2, 0) is 0 Å². The monoisotopic (exact) mass is 434 g/mol. The van der Waals surface area contributed by atoms with Gasteiger partial charge < -0.3 is 5.32 Å². The van der Waals surface area contributed by atoms with Crippen LogP contribution in [-0.4, -0.2) is 10.9 Å². The Bertz CT molecular complexity index is 856. The predicted molar refractivity (Wildman–Crippen MR) is 104 cm³/mol. The van der Waals surface area contributed by atoms with E-state index < -0.39 is 0 Å². The van der Waals surface area contributed by atoms with Crippen molar-refractivity contribution in [2.45, 2.75) is 13.8 Å². The SMILES string of the molecule is Cc1nc(C)c(C(=O)Nc2ccccc2-c2ccc(I)cc2)s1. The molecule has 1 heterocycles. The number of carbonyl (C=O) groups is 1. The third kappa shape index (κ3) is 3.61. The molecule has 0 spiro atoms. The molecule has 0 fully saturated rings. The number of hydrogen-bond donors (Lipinski definition) is 1. The van der Waals surface area contributed by atoms with Crippen molar-refractivity contribution in [2.24, 2.45) is 0 Å². The molecule has 0 saturated heterocycles. The second-order valence-electron chi connectivity index (χ2n) is 5.15. The van der Waals surface area contributed by atoms with Crippen molar-refractivity contribution in [3.63, 3.8) is 0 Å². The first-order chi connectivity index (χ1) is 11.0. The summed E-state index contributed by atoms with van der Waals surface area (Å²) < 4.78 is 1.18. The second kappa shape index (κ2) is 6.80. The van der Waals surface area contributed by atoms with Crippen LogP contribution < -0.4 is 5.32 Å². The second-order valence-corrected chi connectivity index (χ2v) is 7.60. The fourth-order valence-corrected chi connectivity index (χ4v) is 3.57. The number of nitrogens with one attached hydrogen (secondary N) is 1. The summed E-state index contributed by atoms with van der Waals surface area (Å²) in [5, 5.41) is 3.93. The zero-order valence-corrected chi connectivity index (χ0v) is 15.7. The van der Waals surface area contributed by atoms with Gasteiger partial charge in [0.1, 0.15) is 4.88 Å². The van der Waals surface area contributed by atoms with Gasteiger partial charge in [-0.2, -0.15) is 0 Å². The summed E-state index contributed by atoms with van der Waals surface area (Å²) in [4.78, 5) is 17.5. The lowest BCUT2D eigenvalue weighted by Gasteiger charge is -2.11. The van der Waals surface area contributed by atoms with E-state index in [2.05, 4.69) is 57.2 Å². The van der Waals surface area contributed by atoms with Crippen molar-refractivity contribution in [1.82, 2.24) is 4.98 Å². The Morgan fingerprint density at radius 3 is 2.43 bits per heavy atom. The largest absolute Gasteiger partial charge is 0.321 e. The molecule has 2 aromatic carbocycles. The summed E-state index contributed by atoms with van der Waals surface area (Å²) in [7, 11) is 0. The quantitative estimate of drug-likeness (QED) is 0.570. The van der Waals surface area contributed by atoms with Crippen molar-refractivity contribution in [1.29, 1.82) is 0 Å². The van der Waals surface area contributed by atoms with E-state index in [1.807, 2.05) is 38.1 Å². The van der Waals surface area contributed by atoms with Crippen molar-refractivity contribution >= 4 is 45.5 Å². The number of hydrogen-bond acceptors (Lipinski definition) is 3. The number of carbonyl (C=O) groups excluding carboxylic acids is 1. The summed E-state index contributed by atoms with van der Waals surface area (Å²) in [5.74, 6) is -0.105. The molecule has 0 aliphatic carbocycles. The number of nitrogens with zero attached hydrogens (tertiary/aromatic N) is 1. The van der Waals surface area contributed by atoms with Gasteiger partial charge in [-0.15, -0.1) is 11.3 Å². The Morgan fingerprint density at radius 1 is 1.09 bits per heavy atom. The van der Waals surface area contributed by atoms with E-state index in [0.29, 0.717) is 4.88 Å². The van der Waals surface area contributed by atoms with Gasteiger partial charge >= 0.3 is 0 Å². The molecule has 0 aliphatic heterocycles. The number of aromatic nitrogens is 1. The van der Waals surface area contributed by atoms with E-state index >= 15 is 0 Å². The minimum Gasteiger partial charge on any atom is -0.321 e. The molecule has 0 atom stereocenters. The van der Waals surface area contributed by atoms with Gasteiger partial charge in [-0.1, -0.05) is 30.3 Å². The van der Waals surface area contributed by atoms with E-state index in [0.717, 1.165) is 27.5 Å². The minimum absolute atomic E-state index is 0.105. The summed E-state index contributed by atoms with van der Waals surface area (Å²) in [5.41, 5.74) is 3.68. The molecule has 1 aromatic heterocycles. The smallest absolute Gasteiger partial charge is 0.267 e. The fraction of sp³-hybridized carbons (Fsp3) is 0.111. The van der Waals surface area contributed by atoms with Gasteiger partial charge in [0.15, 0.2) is 0 Å². The summed E-state index contributed by atoms with van der Waals surface area (Å²) in [6, 6.07) is 16.1. The Labute approximate surface area is 152 Å². The van der Waals surface area contributed by atoms with Crippen LogP contribution in [0, 0.1) is 17.4 Å². The molecule has 1 amide bonds. The summed E-state index contributed by atoms with van der Waals surface area (Å²) >= 11 is 3.70. The molecule has 0 bridgehead atoms. The van der Waals surface area contributed by atoms with Crippen molar-refractivity contribution < 1.29 is 4.79 Å². The highest BCUT2D eigenvalue weighted by molar-refractivity contribution is 14.1. The van der Waals surface area contributed by atoms with Gasteiger partial charge in [0, 0.05) is 14.8 Å². The highest BCUT2D eigenvalue weighted by atomic mass is 127. The lowest BCUT2D eigenvalue weighted by molar-refractivity contribution is 0.103. The standard InChI is InChI=1S/C18H15IN2OS/c1-11-17(23-12(2)20-11)18(22)21-16-6-4-3-5-15(16)13-7-9-14(19)10-8-13/h3-10H,1-2H3,(H,21,22). The van der Waals surface area contributed by atoms with E-state index in [4.69, 9.17) is 0 Å². The first-order valence-corrected chi connectivity index (χ1v) is 9.04. The van der Waals surface area contributed by atoms with Gasteiger partial charge in [0.05, 0.1) is 10.7 Å². The van der Waals surface area contributed by atoms with Gasteiger partial charge in [0.2, 0.25) is 0 Å². The molecule has 0 radical (unpaired) electrons. The maximum Gasteiger partial charge on any atom is 0.267 e. The third-order valence-corrected chi connectivity index (χ3v) is 5.23. The number of amides is 1. The highest BCUT2D eigenvalue weighted by Crippen LogP contribution is 2.29. The number of benzene rings is 2. The van der Waals surface area contributed by atoms with Crippen LogP contribution in [0.5, 0.6) is 0 Å². The first kappa shape index (κ1) is 16.1. The van der Waals surface area contributed by atoms with Crippen LogP contribution in [0.25, 0.3) is 11.1 Å². The average molecular weight is 434 g/mol. The molecular weight excluding hydrogens is 419 g/mol. The van der Waals surface area contributed by atoms with Crippen LogP contribution in [0.1, 0.15) is 20.4 Å². The molecule has 1 N–H and O–H groups in total. The van der Waals surface area contributed by atoms with Gasteiger partial charge in [-0.05, 0) is 60.2 Å². The number of thiazole rings is 1. The topological polar surface area (TPSA) is 42.0 Å². The molecule has 3 nitrogen and oxygen atoms in total. The van der Waals surface area contributed by atoms with E-state index in [1.165, 1.54) is 14.9 Å². The highest BCUT2D eigenvalue weighted by Gasteiger charge is 2.15. The fourth-order valence-electron chi connectivity index (χ4n) is 2.39. The first-order valence-electron chi connectivity index (χ1n) is 7.15. The molecule has 3 aromatic rings. The predicted octanol–water partition coefficient (Wildman–Crippen LogP) is 5.28. The van der Waals surface area contributed by atoms with Gasteiger partial charge in [-0.25, -0.2) is 4.98 Å². The Morgan fingerprint density at radius 2 is 1.78 bits per heavy atom. The molecule has 0 aliphatic rings. The molecule has 0 unspecified atom stereocenters. The van der Waals surface area contributed by atoms with Gasteiger partial charge in [0.25, 0.3) is 5.91 Å². The zero-order valence-electron chi connectivity index (χ0n) is 12.8. The van der Waals surface area contributed by atoms with Crippen LogP contribution in [0.4, 0.5) is 5.69 Å². The zero-order chi connectivity index (χ0) is 16.4. The van der Waals surface area contributed by atoms with Crippen molar-refractivity contribution in [3.05, 3.63) is 67.7 Å². The summed E-state index contributed by atoms with van der Waals surface area (Å²) in [6.07, 6.45) is 0. The Hall–Kier alpha value is -1.73. The van der Waals surface area contributed by atoms with Crippen molar-refractivity contribution in [3.8, 4) is 11.1 Å². The number of aryl methyl sites for hydroxylation is 2. The van der Waals surface area contributed by atoms with Gasteiger partial charge in [-0.3, -0.25) is 4.79 Å². The van der Waals surface area contributed by atoms with E-state index in [-0.39, 0.29) is 5.91 Å². The van der Waals surface area contributed by atoms with Crippen molar-refractivity contribution in [2.75, 3.05) is 5.32 Å². The molecule has 0 saturated carbocycles. The number of halogens is 1. The maximum atomic E-state index is 12.5. The molecular formula is C18H15IN2OS. The molecule has 3 rings (SSSR count). The van der Waals surface area contributed by atoms with E-state index in [9.17, 15) is 4.79 Å². The summed E-state index contributed by atoms with van der Waals surface area (Å²) in [6.45, 7) is 3.78. The number of anilines is 1. The van der Waals surface area contributed by atoms with Crippen LogP contribution in [0.2, 0.25) is 0 Å². The minimum atomic E-state index is -0.105. The van der Waals surface area contributed by atoms with Crippen LogP contribution >= 0.6 is 33.9 Å². The third-order valence-electron chi connectivity index (χ3n) is 3.44. The number of rotatable bonds is 3. The average Bonchev–Trinajstić information content (AvgIpc) is 2.87. The molecule has 116 valence electrons. The molecule has 23 heavy (non-hydrogen) atoms. The normalized spacial score (nSPS) is 10.6. The van der Waals surface area contributed by atoms with Crippen LogP contribution in [0.15, 0.2) is 48.5 Å². The van der Waals surface area contributed by atoms with Crippen LogP contribution in [0.3, 0.4) is 0 Å². The molecule has 5 heteroatoms. The van der Waals surface area contributed by atoms with E-state index in [1.54, 1.807) is 0 Å².